The Hall–Kier alpha value is -0.470. The van der Waals surface area contributed by atoms with Crippen LogP contribution in [0.15, 0.2) is 29.2 Å². The summed E-state index contributed by atoms with van der Waals surface area (Å²) < 4.78 is 0. The van der Waals surface area contributed by atoms with E-state index in [-0.39, 0.29) is 0 Å². The van der Waals surface area contributed by atoms with E-state index in [0.29, 0.717) is 6.04 Å². The van der Waals surface area contributed by atoms with Gasteiger partial charge in [-0.3, -0.25) is 0 Å². The molecule has 1 nitrogen and oxygen atoms in total. The highest BCUT2D eigenvalue weighted by Crippen LogP contribution is 2.22. The van der Waals surface area contributed by atoms with Crippen molar-refractivity contribution in [3.05, 3.63) is 29.8 Å². The molecular weight excluding hydrogens is 214 g/mol. The zero-order valence-corrected chi connectivity index (χ0v) is 11.4. The number of thioether (sulfide) groups is 1. The first-order chi connectivity index (χ1) is 7.81. The fourth-order valence-corrected chi connectivity index (χ4v) is 2.32. The Kier molecular flexibility index (Phi) is 6.58. The van der Waals surface area contributed by atoms with Gasteiger partial charge in [-0.15, -0.1) is 11.8 Å². The summed E-state index contributed by atoms with van der Waals surface area (Å²) in [5, 5.41) is 3.41. The lowest BCUT2D eigenvalue weighted by Gasteiger charge is -2.16. The maximum absolute atomic E-state index is 3.41. The van der Waals surface area contributed by atoms with Crippen molar-refractivity contribution < 1.29 is 0 Å². The lowest BCUT2D eigenvalue weighted by atomic mass is 10.0. The Bertz CT molecular complexity index is 281. The second kappa shape index (κ2) is 7.75. The van der Waals surface area contributed by atoms with E-state index in [1.807, 2.05) is 0 Å². The maximum atomic E-state index is 3.41. The average Bonchev–Trinajstić information content (AvgIpc) is 2.35. The predicted octanol–water partition coefficient (Wildman–Crippen LogP) is 4.25. The summed E-state index contributed by atoms with van der Waals surface area (Å²) in [5.41, 5.74) is 1.41. The summed E-state index contributed by atoms with van der Waals surface area (Å²) in [5.74, 6) is 0. The molecule has 1 atom stereocenters. The zero-order chi connectivity index (χ0) is 11.8. The first-order valence-electron chi connectivity index (χ1n) is 6.13. The molecule has 0 fully saturated rings. The van der Waals surface area contributed by atoms with Crippen molar-refractivity contribution in [1.82, 2.24) is 5.32 Å². The SMILES string of the molecule is CCCCCC(NC)c1ccc(SC)cc1. The Morgan fingerprint density at radius 2 is 1.88 bits per heavy atom. The fraction of sp³-hybridized carbons (Fsp3) is 0.571. The molecule has 0 aliphatic carbocycles. The Labute approximate surface area is 104 Å². The van der Waals surface area contributed by atoms with Crippen LogP contribution in [0.1, 0.15) is 44.2 Å². The Morgan fingerprint density at radius 1 is 1.19 bits per heavy atom. The molecule has 2 heteroatoms. The number of nitrogens with one attached hydrogen (secondary N) is 1. The molecule has 0 heterocycles. The Balaban J connectivity index is 2.56. The van der Waals surface area contributed by atoms with Crippen LogP contribution in [0.5, 0.6) is 0 Å². The third-order valence-corrected chi connectivity index (χ3v) is 3.71. The second-order valence-electron chi connectivity index (χ2n) is 4.11. The van der Waals surface area contributed by atoms with Crippen molar-refractivity contribution >= 4 is 11.8 Å². The van der Waals surface area contributed by atoms with Gasteiger partial charge in [-0.25, -0.2) is 0 Å². The lowest BCUT2D eigenvalue weighted by Crippen LogP contribution is -2.16. The lowest BCUT2D eigenvalue weighted by molar-refractivity contribution is 0.512. The number of hydrogen-bond donors (Lipinski definition) is 1. The number of unbranched alkanes of at least 4 members (excludes halogenated alkanes) is 2. The van der Waals surface area contributed by atoms with Crippen molar-refractivity contribution in [3.63, 3.8) is 0 Å². The van der Waals surface area contributed by atoms with E-state index >= 15 is 0 Å². The highest BCUT2D eigenvalue weighted by molar-refractivity contribution is 7.98. The van der Waals surface area contributed by atoms with Crippen LogP contribution in [-0.2, 0) is 0 Å². The normalized spacial score (nSPS) is 12.7. The third-order valence-electron chi connectivity index (χ3n) is 2.96. The van der Waals surface area contributed by atoms with Crippen LogP contribution < -0.4 is 5.32 Å². The van der Waals surface area contributed by atoms with Crippen LogP contribution in [0.4, 0.5) is 0 Å². The smallest absolute Gasteiger partial charge is 0.0317 e. The van der Waals surface area contributed by atoms with Gasteiger partial charge < -0.3 is 5.32 Å². The predicted molar refractivity (Wildman–Crippen MR) is 74.2 cm³/mol. The minimum absolute atomic E-state index is 0.516. The molecule has 0 bridgehead atoms. The zero-order valence-electron chi connectivity index (χ0n) is 10.6. The van der Waals surface area contributed by atoms with Crippen molar-refractivity contribution in [2.75, 3.05) is 13.3 Å². The van der Waals surface area contributed by atoms with Gasteiger partial charge in [0.25, 0.3) is 0 Å². The van der Waals surface area contributed by atoms with E-state index in [2.05, 4.69) is 49.8 Å². The first-order valence-corrected chi connectivity index (χ1v) is 7.35. The molecule has 0 amide bonds. The molecule has 1 unspecified atom stereocenters. The summed E-state index contributed by atoms with van der Waals surface area (Å²) in [6.07, 6.45) is 7.30. The molecule has 1 aromatic rings. The largest absolute Gasteiger partial charge is 0.313 e. The molecule has 90 valence electrons. The minimum Gasteiger partial charge on any atom is -0.313 e. The summed E-state index contributed by atoms with van der Waals surface area (Å²) in [4.78, 5) is 1.34. The summed E-state index contributed by atoms with van der Waals surface area (Å²) in [7, 11) is 2.05. The van der Waals surface area contributed by atoms with Gasteiger partial charge in [-0.2, -0.15) is 0 Å². The molecular formula is C14H23NS. The monoisotopic (exact) mass is 237 g/mol. The standard InChI is InChI=1S/C14H23NS/c1-4-5-6-7-14(15-2)12-8-10-13(16-3)11-9-12/h8-11,14-15H,4-7H2,1-3H3. The highest BCUT2D eigenvalue weighted by atomic mass is 32.2. The highest BCUT2D eigenvalue weighted by Gasteiger charge is 2.07. The van der Waals surface area contributed by atoms with E-state index in [4.69, 9.17) is 0 Å². The van der Waals surface area contributed by atoms with E-state index in [0.717, 1.165) is 0 Å². The quantitative estimate of drug-likeness (QED) is 0.562. The first kappa shape index (κ1) is 13.6. The van der Waals surface area contributed by atoms with Gasteiger partial charge in [0.05, 0.1) is 0 Å². The van der Waals surface area contributed by atoms with Gasteiger partial charge in [0, 0.05) is 10.9 Å². The topological polar surface area (TPSA) is 12.0 Å². The van der Waals surface area contributed by atoms with E-state index in [1.54, 1.807) is 11.8 Å². The second-order valence-corrected chi connectivity index (χ2v) is 4.99. The molecule has 1 aromatic carbocycles. The molecule has 1 N–H and O–H groups in total. The van der Waals surface area contributed by atoms with Crippen molar-refractivity contribution in [3.8, 4) is 0 Å². The molecule has 0 radical (unpaired) electrons. The number of hydrogen-bond acceptors (Lipinski definition) is 2. The van der Waals surface area contributed by atoms with Crippen LogP contribution in [-0.4, -0.2) is 13.3 Å². The number of benzene rings is 1. The molecule has 0 aliphatic heterocycles. The summed E-state index contributed by atoms with van der Waals surface area (Å²) >= 11 is 1.80. The van der Waals surface area contributed by atoms with Gasteiger partial charge in [0.1, 0.15) is 0 Å². The molecule has 0 aliphatic rings. The average molecular weight is 237 g/mol. The number of rotatable bonds is 7. The van der Waals surface area contributed by atoms with E-state index < -0.39 is 0 Å². The van der Waals surface area contributed by atoms with Crippen LogP contribution >= 0.6 is 11.8 Å². The van der Waals surface area contributed by atoms with E-state index in [9.17, 15) is 0 Å². The molecule has 16 heavy (non-hydrogen) atoms. The fourth-order valence-electron chi connectivity index (χ4n) is 1.91. The summed E-state index contributed by atoms with van der Waals surface area (Å²) in [6, 6.07) is 9.44. The van der Waals surface area contributed by atoms with Crippen LogP contribution in [0.25, 0.3) is 0 Å². The molecule has 0 aromatic heterocycles. The van der Waals surface area contributed by atoms with Crippen molar-refractivity contribution in [1.29, 1.82) is 0 Å². The summed E-state index contributed by atoms with van der Waals surface area (Å²) in [6.45, 7) is 2.25. The van der Waals surface area contributed by atoms with Crippen LogP contribution in [0.3, 0.4) is 0 Å². The van der Waals surface area contributed by atoms with Gasteiger partial charge in [0.2, 0.25) is 0 Å². The maximum Gasteiger partial charge on any atom is 0.0317 e. The van der Waals surface area contributed by atoms with Crippen LogP contribution in [0, 0.1) is 0 Å². The molecule has 0 spiro atoms. The molecule has 0 saturated heterocycles. The molecule has 0 saturated carbocycles. The van der Waals surface area contributed by atoms with Crippen molar-refractivity contribution in [2.24, 2.45) is 0 Å². The Morgan fingerprint density at radius 3 is 2.38 bits per heavy atom. The van der Waals surface area contributed by atoms with Crippen LogP contribution in [0.2, 0.25) is 0 Å². The van der Waals surface area contributed by atoms with Gasteiger partial charge in [0.15, 0.2) is 0 Å². The van der Waals surface area contributed by atoms with Gasteiger partial charge in [-0.05, 0) is 37.4 Å². The third kappa shape index (κ3) is 4.18. The minimum atomic E-state index is 0.516. The molecule has 1 rings (SSSR count). The van der Waals surface area contributed by atoms with Crippen molar-refractivity contribution in [2.45, 2.75) is 43.5 Å². The van der Waals surface area contributed by atoms with E-state index in [1.165, 1.54) is 36.1 Å². The van der Waals surface area contributed by atoms with Gasteiger partial charge >= 0.3 is 0 Å². The van der Waals surface area contributed by atoms with Gasteiger partial charge in [-0.1, -0.05) is 38.3 Å².